The van der Waals surface area contributed by atoms with E-state index in [1.165, 1.54) is 0 Å². The molecule has 0 amide bonds. The van der Waals surface area contributed by atoms with Gasteiger partial charge in [0, 0.05) is 12.5 Å². The second-order valence-electron chi connectivity index (χ2n) is 3.22. The number of benzene rings is 1. The number of hydrogen-bond acceptors (Lipinski definition) is 4. The van der Waals surface area contributed by atoms with Crippen LogP contribution in [0, 0.1) is 0 Å². The summed E-state index contributed by atoms with van der Waals surface area (Å²) in [5.74, 6) is 1.98. The molecule has 3 rings (SSSR count). The lowest BCUT2D eigenvalue weighted by Gasteiger charge is -2.16. The maximum absolute atomic E-state index is 11.5. The highest BCUT2D eigenvalue weighted by molar-refractivity contribution is 6.00. The Morgan fingerprint density at radius 2 is 1.79 bits per heavy atom. The van der Waals surface area contributed by atoms with Crippen molar-refractivity contribution in [2.75, 3.05) is 13.4 Å². The maximum Gasteiger partial charge on any atom is 0.231 e. The zero-order valence-electron chi connectivity index (χ0n) is 7.41. The molecule has 0 atom stereocenters. The van der Waals surface area contributed by atoms with Crippen molar-refractivity contribution in [3.63, 3.8) is 0 Å². The first-order chi connectivity index (χ1) is 6.84. The lowest BCUT2D eigenvalue weighted by molar-refractivity contribution is 0.0933. The third-order valence-electron chi connectivity index (χ3n) is 2.36. The molecule has 14 heavy (non-hydrogen) atoms. The van der Waals surface area contributed by atoms with Crippen molar-refractivity contribution in [3.8, 4) is 17.2 Å². The molecule has 72 valence electrons. The van der Waals surface area contributed by atoms with Gasteiger partial charge < -0.3 is 14.2 Å². The fraction of sp³-hybridized carbons (Fsp3) is 0.300. The van der Waals surface area contributed by atoms with E-state index < -0.39 is 0 Å². The van der Waals surface area contributed by atoms with Crippen LogP contribution < -0.4 is 14.2 Å². The van der Waals surface area contributed by atoms with Crippen LogP contribution in [0.4, 0.5) is 0 Å². The van der Waals surface area contributed by atoms with E-state index in [4.69, 9.17) is 14.2 Å². The highest BCUT2D eigenvalue weighted by Crippen LogP contribution is 2.39. The van der Waals surface area contributed by atoms with Crippen LogP contribution >= 0.6 is 0 Å². The molecular weight excluding hydrogens is 184 g/mol. The number of hydrogen-bond donors (Lipinski definition) is 0. The van der Waals surface area contributed by atoms with Crippen LogP contribution in [0.25, 0.3) is 0 Å². The Hall–Kier alpha value is -1.71. The molecular formula is C10H8O4. The topological polar surface area (TPSA) is 44.8 Å². The number of Topliss-reactive ketones (excluding diaryl/α,β-unsaturated/α-hetero) is 1. The van der Waals surface area contributed by atoms with E-state index in [1.807, 2.05) is 0 Å². The summed E-state index contributed by atoms with van der Waals surface area (Å²) in [5, 5.41) is 0. The Morgan fingerprint density at radius 1 is 1.00 bits per heavy atom. The summed E-state index contributed by atoms with van der Waals surface area (Å²) in [6.45, 7) is 0.665. The molecule has 0 radical (unpaired) electrons. The van der Waals surface area contributed by atoms with Crippen LogP contribution in [0.1, 0.15) is 16.8 Å². The molecule has 0 aromatic heterocycles. The summed E-state index contributed by atoms with van der Waals surface area (Å²) in [6, 6.07) is 3.41. The molecule has 2 aliphatic heterocycles. The quantitative estimate of drug-likeness (QED) is 0.623. The normalized spacial score (nSPS) is 17.6. The van der Waals surface area contributed by atoms with Gasteiger partial charge >= 0.3 is 0 Å². The fourth-order valence-corrected chi connectivity index (χ4v) is 1.65. The van der Waals surface area contributed by atoms with E-state index in [2.05, 4.69) is 0 Å². The average Bonchev–Trinajstić information content (AvgIpc) is 2.62. The molecule has 0 saturated carbocycles. The average molecular weight is 192 g/mol. The fourth-order valence-electron chi connectivity index (χ4n) is 1.65. The van der Waals surface area contributed by atoms with Crippen LogP contribution in [0.2, 0.25) is 0 Å². The first-order valence-electron chi connectivity index (χ1n) is 4.44. The number of carbonyl (C=O) groups excluding carboxylic acids is 1. The molecule has 1 aromatic carbocycles. The molecule has 0 bridgehead atoms. The molecule has 0 spiro atoms. The van der Waals surface area contributed by atoms with Gasteiger partial charge in [-0.25, -0.2) is 0 Å². The van der Waals surface area contributed by atoms with E-state index in [1.54, 1.807) is 12.1 Å². The molecule has 0 unspecified atom stereocenters. The minimum absolute atomic E-state index is 0.101. The van der Waals surface area contributed by atoms with Gasteiger partial charge in [-0.1, -0.05) is 0 Å². The number of carbonyl (C=O) groups is 1. The van der Waals surface area contributed by atoms with Crippen molar-refractivity contribution in [2.24, 2.45) is 0 Å². The summed E-state index contributed by atoms with van der Waals surface area (Å²) >= 11 is 0. The van der Waals surface area contributed by atoms with E-state index in [0.29, 0.717) is 35.8 Å². The van der Waals surface area contributed by atoms with Crippen molar-refractivity contribution < 1.29 is 19.0 Å². The zero-order valence-corrected chi connectivity index (χ0v) is 7.41. The van der Waals surface area contributed by atoms with Gasteiger partial charge in [-0.05, 0) is 6.07 Å². The number of fused-ring (bicyclic) bond motifs is 2. The Bertz CT molecular complexity index is 411. The maximum atomic E-state index is 11.5. The Labute approximate surface area is 80.4 Å². The molecule has 1 aromatic rings. The van der Waals surface area contributed by atoms with Crippen LogP contribution in [0.3, 0.4) is 0 Å². The second kappa shape index (κ2) is 2.64. The zero-order chi connectivity index (χ0) is 9.54. The van der Waals surface area contributed by atoms with E-state index in [9.17, 15) is 4.79 Å². The Morgan fingerprint density at radius 3 is 2.64 bits per heavy atom. The van der Waals surface area contributed by atoms with Crippen molar-refractivity contribution in [1.82, 2.24) is 0 Å². The largest absolute Gasteiger partial charge is 0.492 e. The highest BCUT2D eigenvalue weighted by atomic mass is 16.7. The van der Waals surface area contributed by atoms with Gasteiger partial charge in [0.1, 0.15) is 5.75 Å². The van der Waals surface area contributed by atoms with Gasteiger partial charge in [0.05, 0.1) is 12.2 Å². The molecule has 0 aliphatic carbocycles. The molecule has 2 heterocycles. The minimum Gasteiger partial charge on any atom is -0.492 e. The van der Waals surface area contributed by atoms with Gasteiger partial charge in [-0.3, -0.25) is 4.79 Å². The first kappa shape index (κ1) is 7.67. The first-order valence-corrected chi connectivity index (χ1v) is 4.44. The number of ether oxygens (including phenoxy) is 3. The summed E-state index contributed by atoms with van der Waals surface area (Å²) < 4.78 is 15.7. The monoisotopic (exact) mass is 192 g/mol. The lowest BCUT2D eigenvalue weighted by atomic mass is 10.0. The van der Waals surface area contributed by atoms with Gasteiger partial charge in [-0.2, -0.15) is 0 Å². The number of ketones is 1. The molecule has 0 N–H and O–H groups in total. The summed E-state index contributed by atoms with van der Waals surface area (Å²) in [4.78, 5) is 11.5. The van der Waals surface area contributed by atoms with Gasteiger partial charge in [0.25, 0.3) is 0 Å². The van der Waals surface area contributed by atoms with Gasteiger partial charge in [-0.15, -0.1) is 0 Å². The van der Waals surface area contributed by atoms with Crippen molar-refractivity contribution in [3.05, 3.63) is 17.7 Å². The van der Waals surface area contributed by atoms with Gasteiger partial charge in [0.15, 0.2) is 17.3 Å². The second-order valence-corrected chi connectivity index (χ2v) is 3.22. The van der Waals surface area contributed by atoms with E-state index in [0.717, 1.165) is 0 Å². The van der Waals surface area contributed by atoms with Crippen molar-refractivity contribution >= 4 is 5.78 Å². The molecule has 2 aliphatic rings. The predicted octanol–water partition coefficient (Wildman–Crippen LogP) is 1.38. The predicted molar refractivity (Wildman–Crippen MR) is 47.0 cm³/mol. The lowest BCUT2D eigenvalue weighted by Crippen LogP contribution is -2.14. The summed E-state index contributed by atoms with van der Waals surface area (Å²) in [7, 11) is 0. The van der Waals surface area contributed by atoms with Crippen LogP contribution in [0.5, 0.6) is 17.2 Å². The van der Waals surface area contributed by atoms with Crippen molar-refractivity contribution in [1.29, 1.82) is 0 Å². The Balaban J connectivity index is 2.17. The SMILES string of the molecule is O=C1CCOc2cc3c(cc21)OCO3. The highest BCUT2D eigenvalue weighted by Gasteiger charge is 2.24. The third kappa shape index (κ3) is 0.968. The smallest absolute Gasteiger partial charge is 0.231 e. The van der Waals surface area contributed by atoms with E-state index in [-0.39, 0.29) is 12.6 Å². The Kier molecular flexibility index (Phi) is 1.45. The summed E-state index contributed by atoms with van der Waals surface area (Å²) in [5.41, 5.74) is 0.598. The molecule has 0 fully saturated rings. The van der Waals surface area contributed by atoms with E-state index >= 15 is 0 Å². The molecule has 0 saturated heterocycles. The van der Waals surface area contributed by atoms with Crippen LogP contribution in [-0.4, -0.2) is 19.2 Å². The third-order valence-corrected chi connectivity index (χ3v) is 2.36. The van der Waals surface area contributed by atoms with Crippen LogP contribution in [-0.2, 0) is 0 Å². The minimum atomic E-state index is 0.101. The number of rotatable bonds is 0. The van der Waals surface area contributed by atoms with Crippen LogP contribution in [0.15, 0.2) is 12.1 Å². The van der Waals surface area contributed by atoms with Crippen molar-refractivity contribution in [2.45, 2.75) is 6.42 Å². The standard InChI is InChI=1S/C10H8O4/c11-7-1-2-12-8-4-10-9(3-6(7)8)13-5-14-10/h3-4H,1-2,5H2. The molecule has 4 nitrogen and oxygen atoms in total. The molecule has 4 heteroatoms. The van der Waals surface area contributed by atoms with Gasteiger partial charge in [0.2, 0.25) is 6.79 Å². The summed E-state index contributed by atoms with van der Waals surface area (Å²) in [6.07, 6.45) is 0.437.